The Morgan fingerprint density at radius 3 is 2.68 bits per heavy atom. The third-order valence-electron chi connectivity index (χ3n) is 3.25. The Hall–Kier alpha value is -1.98. The Kier molecular flexibility index (Phi) is 4.97. The van der Waals surface area contributed by atoms with E-state index in [0.717, 1.165) is 0 Å². The van der Waals surface area contributed by atoms with Crippen molar-refractivity contribution in [3.05, 3.63) is 24.2 Å². The fourth-order valence-electron chi connectivity index (χ4n) is 1.47. The summed E-state index contributed by atoms with van der Waals surface area (Å²) in [4.78, 5) is 24.4. The summed E-state index contributed by atoms with van der Waals surface area (Å²) >= 11 is 0. The Labute approximate surface area is 112 Å². The lowest BCUT2D eigenvalue weighted by Crippen LogP contribution is -2.45. The van der Waals surface area contributed by atoms with Gasteiger partial charge in [0.2, 0.25) is 0 Å². The molecule has 0 saturated heterocycles. The van der Waals surface area contributed by atoms with Crippen LogP contribution >= 0.6 is 0 Å². The van der Waals surface area contributed by atoms with Crippen molar-refractivity contribution in [1.29, 1.82) is 0 Å². The Bertz CT molecular complexity index is 430. The Morgan fingerprint density at radius 1 is 1.53 bits per heavy atom. The molecule has 19 heavy (non-hydrogen) atoms. The molecule has 1 atom stereocenters. The smallest absolute Gasteiger partial charge is 0.317 e. The molecule has 106 valence electrons. The second kappa shape index (κ2) is 6.26. The van der Waals surface area contributed by atoms with Gasteiger partial charge in [-0.3, -0.25) is 4.79 Å². The number of carbonyl (C=O) groups excluding carboxylic acids is 1. The van der Waals surface area contributed by atoms with Crippen molar-refractivity contribution in [1.82, 2.24) is 10.2 Å². The van der Waals surface area contributed by atoms with Gasteiger partial charge in [0.05, 0.1) is 18.2 Å². The minimum atomic E-state index is -0.943. The molecule has 0 aromatic carbocycles. The Balaban J connectivity index is 2.48. The van der Waals surface area contributed by atoms with Crippen LogP contribution in [0.3, 0.4) is 0 Å². The summed E-state index contributed by atoms with van der Waals surface area (Å²) in [5, 5.41) is 11.7. The molecule has 1 unspecified atom stereocenters. The molecule has 0 aliphatic rings. The van der Waals surface area contributed by atoms with Crippen molar-refractivity contribution in [3.63, 3.8) is 0 Å². The van der Waals surface area contributed by atoms with Gasteiger partial charge in [0.25, 0.3) is 0 Å². The molecule has 0 bridgehead atoms. The fourth-order valence-corrected chi connectivity index (χ4v) is 1.47. The average Bonchev–Trinajstić information content (AvgIpc) is 2.87. The number of furan rings is 1. The van der Waals surface area contributed by atoms with Crippen molar-refractivity contribution in [2.24, 2.45) is 5.41 Å². The minimum Gasteiger partial charge on any atom is -0.481 e. The largest absolute Gasteiger partial charge is 0.481 e. The molecule has 0 fully saturated rings. The molecule has 6 heteroatoms. The quantitative estimate of drug-likeness (QED) is 0.825. The van der Waals surface area contributed by atoms with Gasteiger partial charge in [-0.25, -0.2) is 4.79 Å². The number of rotatable bonds is 6. The highest BCUT2D eigenvalue weighted by Crippen LogP contribution is 2.19. The normalized spacial score (nSPS) is 13.6. The number of amides is 2. The SMILES string of the molecule is CCC(C)(CNC(=O)N(C)Cc1ccco1)C(=O)O. The van der Waals surface area contributed by atoms with Crippen molar-refractivity contribution < 1.29 is 19.1 Å². The molecule has 0 aliphatic heterocycles. The van der Waals surface area contributed by atoms with Crippen LogP contribution in [0.1, 0.15) is 26.0 Å². The molecular weight excluding hydrogens is 248 g/mol. The van der Waals surface area contributed by atoms with Gasteiger partial charge in [0.15, 0.2) is 0 Å². The van der Waals surface area contributed by atoms with Crippen LogP contribution in [0, 0.1) is 5.41 Å². The summed E-state index contributed by atoms with van der Waals surface area (Å²) in [6.45, 7) is 3.84. The van der Waals surface area contributed by atoms with Crippen LogP contribution in [0.15, 0.2) is 22.8 Å². The van der Waals surface area contributed by atoms with E-state index in [1.54, 1.807) is 39.3 Å². The summed E-state index contributed by atoms with van der Waals surface area (Å²) in [6.07, 6.45) is 1.99. The summed E-state index contributed by atoms with van der Waals surface area (Å²) in [7, 11) is 1.63. The molecule has 2 N–H and O–H groups in total. The summed E-state index contributed by atoms with van der Waals surface area (Å²) in [6, 6.07) is 3.20. The van der Waals surface area contributed by atoms with E-state index in [4.69, 9.17) is 9.52 Å². The van der Waals surface area contributed by atoms with Gasteiger partial charge >= 0.3 is 12.0 Å². The van der Waals surface area contributed by atoms with E-state index >= 15 is 0 Å². The van der Waals surface area contributed by atoms with E-state index < -0.39 is 11.4 Å². The van der Waals surface area contributed by atoms with Crippen molar-refractivity contribution in [2.75, 3.05) is 13.6 Å². The molecule has 1 aromatic rings. The molecule has 0 radical (unpaired) electrons. The summed E-state index contributed by atoms with van der Waals surface area (Å²) < 4.78 is 5.14. The van der Waals surface area contributed by atoms with E-state index in [0.29, 0.717) is 18.7 Å². The van der Waals surface area contributed by atoms with Gasteiger partial charge in [-0.05, 0) is 25.5 Å². The Morgan fingerprint density at radius 2 is 2.21 bits per heavy atom. The van der Waals surface area contributed by atoms with Crippen molar-refractivity contribution in [2.45, 2.75) is 26.8 Å². The summed E-state index contributed by atoms with van der Waals surface area (Å²) in [5.74, 6) is -0.238. The zero-order valence-corrected chi connectivity index (χ0v) is 11.5. The number of aliphatic carboxylic acids is 1. The zero-order valence-electron chi connectivity index (χ0n) is 11.5. The number of nitrogens with zero attached hydrogens (tertiary/aromatic N) is 1. The molecule has 1 rings (SSSR count). The highest BCUT2D eigenvalue weighted by molar-refractivity contribution is 5.77. The van der Waals surface area contributed by atoms with Crippen LogP contribution in [0.25, 0.3) is 0 Å². The van der Waals surface area contributed by atoms with Crippen LogP contribution in [-0.2, 0) is 11.3 Å². The average molecular weight is 268 g/mol. The van der Waals surface area contributed by atoms with E-state index in [-0.39, 0.29) is 12.6 Å². The molecule has 0 aliphatic carbocycles. The molecule has 2 amide bonds. The van der Waals surface area contributed by atoms with Crippen LogP contribution in [-0.4, -0.2) is 35.6 Å². The first kappa shape index (κ1) is 15.1. The second-order valence-corrected chi connectivity index (χ2v) is 4.81. The molecule has 1 aromatic heterocycles. The predicted octanol–water partition coefficient (Wildman–Crippen LogP) is 1.92. The van der Waals surface area contributed by atoms with E-state index in [1.807, 2.05) is 0 Å². The van der Waals surface area contributed by atoms with E-state index in [9.17, 15) is 9.59 Å². The molecule has 1 heterocycles. The maximum atomic E-state index is 11.8. The van der Waals surface area contributed by atoms with Gasteiger partial charge < -0.3 is 19.7 Å². The fraction of sp³-hybridized carbons (Fsp3) is 0.538. The lowest BCUT2D eigenvalue weighted by molar-refractivity contribution is -0.147. The van der Waals surface area contributed by atoms with E-state index in [2.05, 4.69) is 5.32 Å². The number of nitrogens with one attached hydrogen (secondary N) is 1. The van der Waals surface area contributed by atoms with Crippen molar-refractivity contribution in [3.8, 4) is 0 Å². The second-order valence-electron chi connectivity index (χ2n) is 4.81. The highest BCUT2D eigenvalue weighted by atomic mass is 16.4. The van der Waals surface area contributed by atoms with Crippen LogP contribution in [0.2, 0.25) is 0 Å². The molecule has 6 nitrogen and oxygen atoms in total. The monoisotopic (exact) mass is 268 g/mol. The standard InChI is InChI=1S/C13H20N2O4/c1-4-13(2,11(16)17)9-14-12(18)15(3)8-10-6-5-7-19-10/h5-7H,4,8-9H2,1-3H3,(H,14,18)(H,16,17). The first-order valence-electron chi connectivity index (χ1n) is 6.14. The first-order chi connectivity index (χ1) is 8.89. The van der Waals surface area contributed by atoms with Gasteiger partial charge in [-0.1, -0.05) is 6.92 Å². The number of carbonyl (C=O) groups is 2. The van der Waals surface area contributed by atoms with Crippen LogP contribution in [0.4, 0.5) is 4.79 Å². The number of hydrogen-bond acceptors (Lipinski definition) is 3. The number of hydrogen-bond donors (Lipinski definition) is 2. The molecule has 0 saturated carbocycles. The topological polar surface area (TPSA) is 82.8 Å². The minimum absolute atomic E-state index is 0.0974. The number of carboxylic acids is 1. The van der Waals surface area contributed by atoms with Crippen LogP contribution in [0.5, 0.6) is 0 Å². The maximum Gasteiger partial charge on any atom is 0.317 e. The van der Waals surface area contributed by atoms with Gasteiger partial charge in [0, 0.05) is 13.6 Å². The maximum absolute atomic E-state index is 11.8. The van der Waals surface area contributed by atoms with Crippen molar-refractivity contribution >= 4 is 12.0 Å². The zero-order chi connectivity index (χ0) is 14.5. The lowest BCUT2D eigenvalue weighted by atomic mass is 9.88. The first-order valence-corrected chi connectivity index (χ1v) is 6.14. The van der Waals surface area contributed by atoms with E-state index in [1.165, 1.54) is 4.90 Å². The van der Waals surface area contributed by atoms with Crippen LogP contribution < -0.4 is 5.32 Å². The number of carboxylic acid groups (broad SMARTS) is 1. The summed E-state index contributed by atoms with van der Waals surface area (Å²) in [5.41, 5.74) is -0.943. The molecule has 0 spiro atoms. The van der Waals surface area contributed by atoms with Gasteiger partial charge in [-0.2, -0.15) is 0 Å². The number of urea groups is 1. The van der Waals surface area contributed by atoms with Gasteiger partial charge in [-0.15, -0.1) is 0 Å². The highest BCUT2D eigenvalue weighted by Gasteiger charge is 2.31. The van der Waals surface area contributed by atoms with Gasteiger partial charge in [0.1, 0.15) is 5.76 Å². The third kappa shape index (κ3) is 4.01. The third-order valence-corrected chi connectivity index (χ3v) is 3.25. The molecular formula is C13H20N2O4. The predicted molar refractivity (Wildman–Crippen MR) is 69.6 cm³/mol. The lowest BCUT2D eigenvalue weighted by Gasteiger charge is -2.25.